The van der Waals surface area contributed by atoms with Gasteiger partial charge in [0.25, 0.3) is 0 Å². The van der Waals surface area contributed by atoms with Crippen LogP contribution >= 0.6 is 0 Å². The number of amides is 1. The quantitative estimate of drug-likeness (QED) is 0.315. The maximum absolute atomic E-state index is 11.5. The number of piperidine rings is 1. The number of carbonyl (C=O) groups is 1. The number of hydrogen-bond acceptors (Lipinski definition) is 4. The van der Waals surface area contributed by atoms with Crippen LogP contribution in [0.1, 0.15) is 59.8 Å². The van der Waals surface area contributed by atoms with Gasteiger partial charge in [-0.05, 0) is 32.6 Å². The zero-order valence-electron chi connectivity index (χ0n) is 18.5. The number of nitrogens with one attached hydrogen (secondary N) is 3. The van der Waals surface area contributed by atoms with Crippen LogP contribution < -0.4 is 16.0 Å². The van der Waals surface area contributed by atoms with E-state index in [0.717, 1.165) is 57.9 Å². The second-order valence-corrected chi connectivity index (χ2v) is 8.66. The van der Waals surface area contributed by atoms with Crippen LogP contribution in [0, 0.1) is 5.41 Å². The van der Waals surface area contributed by atoms with E-state index in [0.29, 0.717) is 24.7 Å². The van der Waals surface area contributed by atoms with Gasteiger partial charge in [-0.25, -0.2) is 0 Å². The molecule has 0 spiro atoms. The smallest absolute Gasteiger partial charge is 0.233 e. The summed E-state index contributed by atoms with van der Waals surface area (Å²) in [5, 5.41) is 9.96. The molecule has 2 fully saturated rings. The predicted octanol–water partition coefficient (Wildman–Crippen LogP) is 1.74. The van der Waals surface area contributed by atoms with Gasteiger partial charge >= 0.3 is 0 Å². The minimum absolute atomic E-state index is 0.0873. The van der Waals surface area contributed by atoms with E-state index in [1.165, 1.54) is 6.42 Å². The first-order chi connectivity index (χ1) is 13.4. The molecule has 0 aromatic heterocycles. The SMILES string of the molecule is CCCCOC1CC(NC(=NCC)NC2CCN(CC(=O)NC)CC2)C1(C)C. The molecule has 0 radical (unpaired) electrons. The number of unbranched alkanes of at least 4 members (excludes halogenated alkanes) is 1. The summed E-state index contributed by atoms with van der Waals surface area (Å²) in [6.45, 7) is 12.8. The zero-order valence-corrected chi connectivity index (χ0v) is 18.5. The van der Waals surface area contributed by atoms with Crippen LogP contribution in [-0.2, 0) is 9.53 Å². The van der Waals surface area contributed by atoms with Gasteiger partial charge < -0.3 is 20.7 Å². The summed E-state index contributed by atoms with van der Waals surface area (Å²) in [4.78, 5) is 18.4. The first kappa shape index (κ1) is 22.9. The molecule has 1 heterocycles. The van der Waals surface area contributed by atoms with Crippen molar-refractivity contribution in [1.29, 1.82) is 0 Å². The molecule has 162 valence electrons. The van der Waals surface area contributed by atoms with Gasteiger partial charge in [0.2, 0.25) is 5.91 Å². The van der Waals surface area contributed by atoms with E-state index in [-0.39, 0.29) is 11.3 Å². The van der Waals surface area contributed by atoms with Gasteiger partial charge in [-0.15, -0.1) is 0 Å². The number of ether oxygens (including phenoxy) is 1. The van der Waals surface area contributed by atoms with Gasteiger partial charge in [0, 0.05) is 50.8 Å². The highest BCUT2D eigenvalue weighted by molar-refractivity contribution is 5.80. The Morgan fingerprint density at radius 2 is 1.93 bits per heavy atom. The molecule has 1 amide bonds. The largest absolute Gasteiger partial charge is 0.378 e. The van der Waals surface area contributed by atoms with Crippen LogP contribution in [-0.4, -0.2) is 74.8 Å². The summed E-state index contributed by atoms with van der Waals surface area (Å²) < 4.78 is 6.07. The summed E-state index contributed by atoms with van der Waals surface area (Å²) in [6, 6.07) is 0.781. The van der Waals surface area contributed by atoms with Crippen molar-refractivity contribution in [3.8, 4) is 0 Å². The highest BCUT2D eigenvalue weighted by atomic mass is 16.5. The minimum Gasteiger partial charge on any atom is -0.378 e. The van der Waals surface area contributed by atoms with E-state index in [9.17, 15) is 4.79 Å². The van der Waals surface area contributed by atoms with Crippen molar-refractivity contribution in [2.45, 2.75) is 78.0 Å². The van der Waals surface area contributed by atoms with Gasteiger partial charge in [-0.3, -0.25) is 14.7 Å². The van der Waals surface area contributed by atoms with Crippen molar-refractivity contribution in [2.24, 2.45) is 10.4 Å². The van der Waals surface area contributed by atoms with E-state index < -0.39 is 0 Å². The van der Waals surface area contributed by atoms with E-state index >= 15 is 0 Å². The highest BCUT2D eigenvalue weighted by Gasteiger charge is 2.49. The molecule has 1 saturated carbocycles. The molecule has 2 unspecified atom stereocenters. The maximum atomic E-state index is 11.5. The minimum atomic E-state index is 0.0873. The second-order valence-electron chi connectivity index (χ2n) is 8.66. The number of carbonyl (C=O) groups excluding carboxylic acids is 1. The molecule has 0 aromatic rings. The summed E-state index contributed by atoms with van der Waals surface area (Å²) in [5.74, 6) is 1.00. The Morgan fingerprint density at radius 3 is 2.50 bits per heavy atom. The molecule has 2 atom stereocenters. The fourth-order valence-corrected chi connectivity index (χ4v) is 3.95. The molecule has 28 heavy (non-hydrogen) atoms. The van der Waals surface area contributed by atoms with Crippen molar-refractivity contribution < 1.29 is 9.53 Å². The Balaban J connectivity index is 1.79. The van der Waals surface area contributed by atoms with Crippen molar-refractivity contribution >= 4 is 11.9 Å². The molecule has 2 rings (SSSR count). The van der Waals surface area contributed by atoms with Crippen LogP contribution in [0.15, 0.2) is 4.99 Å². The lowest BCUT2D eigenvalue weighted by atomic mass is 9.64. The number of rotatable bonds is 9. The number of nitrogens with zero attached hydrogens (tertiary/aromatic N) is 2. The van der Waals surface area contributed by atoms with Gasteiger partial charge in [0.05, 0.1) is 12.6 Å². The average molecular weight is 396 g/mol. The molecule has 7 heteroatoms. The van der Waals surface area contributed by atoms with Crippen LogP contribution in [0.2, 0.25) is 0 Å². The lowest BCUT2D eigenvalue weighted by molar-refractivity contribution is -0.122. The van der Waals surface area contributed by atoms with Crippen LogP contribution in [0.4, 0.5) is 0 Å². The summed E-state index contributed by atoms with van der Waals surface area (Å²) in [6.07, 6.45) is 5.72. The first-order valence-electron chi connectivity index (χ1n) is 11.0. The van der Waals surface area contributed by atoms with Gasteiger partial charge in [0.15, 0.2) is 5.96 Å². The third-order valence-corrected chi connectivity index (χ3v) is 6.20. The molecular formula is C21H41N5O2. The Kier molecular flexibility index (Phi) is 9.02. The van der Waals surface area contributed by atoms with Gasteiger partial charge in [-0.1, -0.05) is 27.2 Å². The number of guanidine groups is 1. The molecule has 3 N–H and O–H groups in total. The lowest BCUT2D eigenvalue weighted by Crippen LogP contribution is -2.64. The molecule has 0 bridgehead atoms. The Bertz CT molecular complexity index is 515. The Morgan fingerprint density at radius 1 is 1.21 bits per heavy atom. The molecule has 7 nitrogen and oxygen atoms in total. The summed E-state index contributed by atoms with van der Waals surface area (Å²) >= 11 is 0. The van der Waals surface area contributed by atoms with Gasteiger partial charge in [-0.2, -0.15) is 0 Å². The number of aliphatic imine (C=N–C) groups is 1. The highest BCUT2D eigenvalue weighted by Crippen LogP contribution is 2.42. The van der Waals surface area contributed by atoms with Crippen molar-refractivity contribution in [3.05, 3.63) is 0 Å². The van der Waals surface area contributed by atoms with E-state index in [1.807, 2.05) is 0 Å². The number of hydrogen-bond donors (Lipinski definition) is 3. The average Bonchev–Trinajstić information content (AvgIpc) is 2.68. The molecular weight excluding hydrogens is 354 g/mol. The monoisotopic (exact) mass is 395 g/mol. The lowest BCUT2D eigenvalue weighted by Gasteiger charge is -2.52. The third-order valence-electron chi connectivity index (χ3n) is 6.20. The first-order valence-corrected chi connectivity index (χ1v) is 11.0. The Hall–Kier alpha value is -1.34. The fourth-order valence-electron chi connectivity index (χ4n) is 3.95. The molecule has 1 aliphatic carbocycles. The van der Waals surface area contributed by atoms with Crippen LogP contribution in [0.25, 0.3) is 0 Å². The summed E-state index contributed by atoms with van der Waals surface area (Å²) in [5.41, 5.74) is 0.112. The van der Waals surface area contributed by atoms with E-state index in [4.69, 9.17) is 4.74 Å². The Labute approximate surface area is 171 Å². The van der Waals surface area contributed by atoms with Crippen molar-refractivity contribution in [1.82, 2.24) is 20.9 Å². The number of likely N-dealkylation sites (N-methyl/N-ethyl adjacent to an activating group) is 1. The maximum Gasteiger partial charge on any atom is 0.233 e. The van der Waals surface area contributed by atoms with Crippen molar-refractivity contribution in [3.63, 3.8) is 0 Å². The van der Waals surface area contributed by atoms with Crippen LogP contribution in [0.5, 0.6) is 0 Å². The molecule has 1 saturated heterocycles. The fraction of sp³-hybridized carbons (Fsp3) is 0.905. The molecule has 2 aliphatic rings. The zero-order chi connectivity index (χ0) is 20.6. The summed E-state index contributed by atoms with van der Waals surface area (Å²) in [7, 11) is 1.69. The normalized spacial score (nSPS) is 25.8. The van der Waals surface area contributed by atoms with Crippen molar-refractivity contribution in [2.75, 3.05) is 39.8 Å². The predicted molar refractivity (Wildman–Crippen MR) is 115 cm³/mol. The second kappa shape index (κ2) is 11.0. The van der Waals surface area contributed by atoms with E-state index in [2.05, 4.69) is 53.5 Å². The van der Waals surface area contributed by atoms with Gasteiger partial charge in [0.1, 0.15) is 0 Å². The topological polar surface area (TPSA) is 78.0 Å². The molecule has 0 aromatic carbocycles. The van der Waals surface area contributed by atoms with E-state index in [1.54, 1.807) is 7.05 Å². The number of likely N-dealkylation sites (tertiary alicyclic amines) is 1. The molecule has 1 aliphatic heterocycles. The van der Waals surface area contributed by atoms with Crippen LogP contribution in [0.3, 0.4) is 0 Å². The standard InChI is InChI=1S/C21H41N5O2/c1-6-8-13-28-18-14-17(21(18,3)4)25-20(23-7-2)24-16-9-11-26(12-10-16)15-19(27)22-5/h16-18H,6-15H2,1-5H3,(H,22,27)(H2,23,24,25). The third kappa shape index (κ3) is 6.34.